The molecule has 8 nitrogen and oxygen atoms in total. The Morgan fingerprint density at radius 3 is 1.87 bits per heavy atom. The molecule has 0 radical (unpaired) electrons. The van der Waals surface area contributed by atoms with Crippen LogP contribution in [-0.4, -0.2) is 29.8 Å². The summed E-state index contributed by atoms with van der Waals surface area (Å²) < 4.78 is 5.15. The topological polar surface area (TPSA) is 88.4 Å². The Bertz CT molecular complexity index is 2430. The van der Waals surface area contributed by atoms with E-state index in [1.165, 1.54) is 0 Å². The van der Waals surface area contributed by atoms with Gasteiger partial charge in [-0.15, -0.1) is 5.10 Å². The maximum Gasteiger partial charge on any atom is 0.244 e. The molecule has 0 aliphatic rings. The van der Waals surface area contributed by atoms with E-state index in [1.807, 2.05) is 61.1 Å². The summed E-state index contributed by atoms with van der Waals surface area (Å²) in [6.45, 7) is 6.68. The van der Waals surface area contributed by atoms with Gasteiger partial charge in [0.2, 0.25) is 5.69 Å². The molecule has 0 unspecified atom stereocenters. The standard InChI is InChI=1S/C47H43N7O/c1-4-5-25-45-48-43(44-31-34(2)30-35(3)53(44)55)33-52(45)32-36-26-28-37(29-27-36)41-23-15-16-24-42(41)46-49-50-51-54(46)47(38-17-9-6-10-18-38,39-19-11-7-12-20-39)40-21-13-8-14-22-40/h6-24,26-31,33H,4-5,25,32H2,1-3H3. The van der Waals surface area contributed by atoms with Crippen LogP contribution in [0, 0.1) is 19.1 Å². The highest BCUT2D eigenvalue weighted by Crippen LogP contribution is 2.43. The quantitative estimate of drug-likeness (QED) is 0.0713. The van der Waals surface area contributed by atoms with Crippen LogP contribution in [0.2, 0.25) is 0 Å². The highest BCUT2D eigenvalue weighted by atomic mass is 16.5. The van der Waals surface area contributed by atoms with Gasteiger partial charge in [0, 0.05) is 43.8 Å². The lowest BCUT2D eigenvalue weighted by molar-refractivity contribution is -0.600. The van der Waals surface area contributed by atoms with Crippen molar-refractivity contribution < 1.29 is 4.73 Å². The first-order chi connectivity index (χ1) is 27.0. The van der Waals surface area contributed by atoms with Crippen LogP contribution in [0.5, 0.6) is 0 Å². The second kappa shape index (κ2) is 15.4. The van der Waals surface area contributed by atoms with Crippen LogP contribution < -0.4 is 4.73 Å². The van der Waals surface area contributed by atoms with Crippen molar-refractivity contribution in [3.63, 3.8) is 0 Å². The molecule has 0 amide bonds. The molecular formula is C47H43N7O. The molecule has 3 aromatic heterocycles. The minimum Gasteiger partial charge on any atom is -0.618 e. The van der Waals surface area contributed by atoms with Crippen molar-refractivity contribution in [3.8, 4) is 33.9 Å². The Hall–Kier alpha value is -6.67. The van der Waals surface area contributed by atoms with Crippen LogP contribution in [-0.2, 0) is 18.5 Å². The zero-order valence-electron chi connectivity index (χ0n) is 31.4. The van der Waals surface area contributed by atoms with Crippen molar-refractivity contribution in [2.45, 2.75) is 52.1 Å². The predicted molar refractivity (Wildman–Crippen MR) is 217 cm³/mol. The van der Waals surface area contributed by atoms with Crippen molar-refractivity contribution >= 4 is 0 Å². The van der Waals surface area contributed by atoms with Crippen LogP contribution in [0.3, 0.4) is 0 Å². The van der Waals surface area contributed by atoms with E-state index in [0.717, 1.165) is 74.3 Å². The predicted octanol–water partition coefficient (Wildman–Crippen LogP) is 9.35. The number of rotatable bonds is 12. The molecule has 0 spiro atoms. The summed E-state index contributed by atoms with van der Waals surface area (Å²) in [6.07, 6.45) is 4.95. The summed E-state index contributed by atoms with van der Waals surface area (Å²) in [5.74, 6) is 1.64. The fourth-order valence-corrected chi connectivity index (χ4v) is 7.72. The van der Waals surface area contributed by atoms with Gasteiger partial charge in [-0.2, -0.15) is 4.73 Å². The number of benzene rings is 5. The van der Waals surface area contributed by atoms with E-state index >= 15 is 0 Å². The van der Waals surface area contributed by atoms with Crippen molar-refractivity contribution in [1.82, 2.24) is 29.8 Å². The van der Waals surface area contributed by atoms with Gasteiger partial charge in [0.05, 0.1) is 0 Å². The summed E-state index contributed by atoms with van der Waals surface area (Å²) in [5, 5.41) is 26.9. The average molecular weight is 722 g/mol. The number of imidazole rings is 1. The fourth-order valence-electron chi connectivity index (χ4n) is 7.72. The zero-order chi connectivity index (χ0) is 37.8. The largest absolute Gasteiger partial charge is 0.618 e. The molecule has 0 bridgehead atoms. The molecular weight excluding hydrogens is 679 g/mol. The number of aryl methyl sites for hydroxylation is 3. The lowest BCUT2D eigenvalue weighted by atomic mass is 9.77. The first kappa shape index (κ1) is 35.4. The molecule has 0 fully saturated rings. The molecule has 0 saturated carbocycles. The Labute approximate surface area is 322 Å². The van der Waals surface area contributed by atoms with Crippen LogP contribution >= 0.6 is 0 Å². The Kier molecular flexibility index (Phi) is 9.88. The molecule has 272 valence electrons. The van der Waals surface area contributed by atoms with Crippen LogP contribution in [0.15, 0.2) is 158 Å². The van der Waals surface area contributed by atoms with Crippen molar-refractivity contribution in [1.29, 1.82) is 0 Å². The summed E-state index contributed by atoms with van der Waals surface area (Å²) >= 11 is 0. The highest BCUT2D eigenvalue weighted by molar-refractivity contribution is 5.81. The molecule has 55 heavy (non-hydrogen) atoms. The summed E-state index contributed by atoms with van der Waals surface area (Å²) in [5.41, 5.74) is 9.41. The van der Waals surface area contributed by atoms with Crippen LogP contribution in [0.25, 0.3) is 33.9 Å². The molecule has 8 aromatic rings. The SMILES string of the molecule is CCCCc1nc(-c2cc(C)cc(C)[n+]2[O-])cn1Cc1ccc(-c2ccccc2-c2nnnn2C(c2ccccc2)(c2ccccc2)c2ccccc2)cc1. The maximum atomic E-state index is 13.0. The molecule has 0 saturated heterocycles. The van der Waals surface area contributed by atoms with Gasteiger partial charge in [0.15, 0.2) is 17.2 Å². The molecule has 0 N–H and O–H groups in total. The van der Waals surface area contributed by atoms with Gasteiger partial charge >= 0.3 is 0 Å². The van der Waals surface area contributed by atoms with Crippen LogP contribution in [0.4, 0.5) is 0 Å². The van der Waals surface area contributed by atoms with E-state index in [0.29, 0.717) is 29.5 Å². The molecule has 5 aromatic carbocycles. The average Bonchev–Trinajstić information content (AvgIpc) is 3.88. The van der Waals surface area contributed by atoms with Gasteiger partial charge in [-0.05, 0) is 62.7 Å². The number of hydrogen-bond acceptors (Lipinski definition) is 5. The van der Waals surface area contributed by atoms with Crippen molar-refractivity contribution in [2.24, 2.45) is 0 Å². The number of hydrogen-bond donors (Lipinski definition) is 0. The Morgan fingerprint density at radius 2 is 1.27 bits per heavy atom. The van der Waals surface area contributed by atoms with E-state index in [4.69, 9.17) is 15.3 Å². The second-order valence-corrected chi connectivity index (χ2v) is 14.1. The van der Waals surface area contributed by atoms with Gasteiger partial charge in [0.1, 0.15) is 11.4 Å². The van der Waals surface area contributed by atoms with E-state index in [9.17, 15) is 5.21 Å². The number of aromatic nitrogens is 7. The smallest absolute Gasteiger partial charge is 0.244 e. The summed E-state index contributed by atoms with van der Waals surface area (Å²) in [7, 11) is 0. The monoisotopic (exact) mass is 721 g/mol. The lowest BCUT2D eigenvalue weighted by Crippen LogP contribution is -2.39. The zero-order valence-corrected chi connectivity index (χ0v) is 31.4. The third-order valence-electron chi connectivity index (χ3n) is 10.4. The number of nitrogens with zero attached hydrogens (tertiary/aromatic N) is 7. The molecule has 0 aliphatic heterocycles. The van der Waals surface area contributed by atoms with E-state index < -0.39 is 5.54 Å². The Morgan fingerprint density at radius 1 is 0.691 bits per heavy atom. The molecule has 3 heterocycles. The highest BCUT2D eigenvalue weighted by Gasteiger charge is 2.42. The normalized spacial score (nSPS) is 11.5. The molecule has 8 rings (SSSR count). The summed E-state index contributed by atoms with van der Waals surface area (Å²) in [4.78, 5) is 4.98. The Balaban J connectivity index is 1.19. The molecule has 8 heteroatoms. The molecule has 0 atom stereocenters. The second-order valence-electron chi connectivity index (χ2n) is 14.1. The minimum atomic E-state index is -0.860. The lowest BCUT2D eigenvalue weighted by Gasteiger charge is -2.36. The van der Waals surface area contributed by atoms with E-state index in [2.05, 4.69) is 132 Å². The first-order valence-electron chi connectivity index (χ1n) is 18.9. The first-order valence-corrected chi connectivity index (χ1v) is 18.9. The van der Waals surface area contributed by atoms with Crippen molar-refractivity contribution in [2.75, 3.05) is 0 Å². The maximum absolute atomic E-state index is 13.0. The number of pyridine rings is 1. The van der Waals surface area contributed by atoms with E-state index in [-0.39, 0.29) is 0 Å². The van der Waals surface area contributed by atoms with Gasteiger partial charge < -0.3 is 9.77 Å². The summed E-state index contributed by atoms with van der Waals surface area (Å²) in [6, 6.07) is 52.2. The number of unbranched alkanes of at least 4 members (excludes halogenated alkanes) is 1. The van der Waals surface area contributed by atoms with Gasteiger partial charge in [0.25, 0.3) is 0 Å². The third kappa shape index (κ3) is 6.72. The van der Waals surface area contributed by atoms with Crippen molar-refractivity contribution in [3.05, 3.63) is 202 Å². The fraction of sp³-hybridized carbons (Fsp3) is 0.170. The van der Waals surface area contributed by atoms with Gasteiger partial charge in [-0.1, -0.05) is 153 Å². The third-order valence-corrected chi connectivity index (χ3v) is 10.4. The van der Waals surface area contributed by atoms with E-state index in [1.54, 1.807) is 0 Å². The molecule has 0 aliphatic carbocycles. The van der Waals surface area contributed by atoms with Crippen LogP contribution in [0.1, 0.15) is 59.1 Å². The minimum absolute atomic E-state index is 0.583. The number of tetrazole rings is 1. The van der Waals surface area contributed by atoms with Gasteiger partial charge in [-0.3, -0.25) is 0 Å². The van der Waals surface area contributed by atoms with Gasteiger partial charge in [-0.25, -0.2) is 9.67 Å².